The van der Waals surface area contributed by atoms with Crippen LogP contribution in [-0.4, -0.2) is 56.1 Å². The van der Waals surface area contributed by atoms with Gasteiger partial charge in [0.15, 0.2) is 5.82 Å². The number of piperidine rings is 1. The van der Waals surface area contributed by atoms with Crippen LogP contribution in [-0.2, 0) is 13.0 Å². The molecule has 0 spiro atoms. The lowest BCUT2D eigenvalue weighted by molar-refractivity contribution is 0.194. The molecular weight excluding hydrogens is 416 g/mol. The fourth-order valence-electron chi connectivity index (χ4n) is 4.54. The van der Waals surface area contributed by atoms with Gasteiger partial charge in [0, 0.05) is 49.9 Å². The smallest absolute Gasteiger partial charge is 0.229 e. The first-order valence-electron chi connectivity index (χ1n) is 11.6. The van der Waals surface area contributed by atoms with Crippen molar-refractivity contribution in [1.82, 2.24) is 24.8 Å². The topological polar surface area (TPSA) is 114 Å². The Morgan fingerprint density at radius 2 is 2.00 bits per heavy atom. The van der Waals surface area contributed by atoms with E-state index in [4.69, 9.17) is 20.2 Å². The Morgan fingerprint density at radius 3 is 2.79 bits per heavy atom. The Morgan fingerprint density at radius 1 is 1.15 bits per heavy atom. The van der Waals surface area contributed by atoms with E-state index in [1.54, 1.807) is 13.1 Å². The van der Waals surface area contributed by atoms with E-state index in [1.807, 2.05) is 12.1 Å². The second-order valence-electron chi connectivity index (χ2n) is 8.77. The summed E-state index contributed by atoms with van der Waals surface area (Å²) < 4.78 is 0. The molecule has 0 saturated carbocycles. The monoisotopic (exact) mass is 444 g/mol. The van der Waals surface area contributed by atoms with Crippen LogP contribution in [0, 0.1) is 11.3 Å². The summed E-state index contributed by atoms with van der Waals surface area (Å²) in [6.45, 7) is 5.63. The van der Waals surface area contributed by atoms with Crippen molar-refractivity contribution in [2.75, 3.05) is 36.4 Å². The maximum atomic E-state index is 10.1. The highest BCUT2D eigenvalue weighted by Gasteiger charge is 2.20. The van der Waals surface area contributed by atoms with Gasteiger partial charge in [-0.2, -0.15) is 5.26 Å². The van der Waals surface area contributed by atoms with Gasteiger partial charge in [-0.05, 0) is 43.9 Å². The number of aliphatic hydroxyl groups excluding tert-OH is 1. The molecular formula is C24H28N8O. The fourth-order valence-corrected chi connectivity index (χ4v) is 4.54. The van der Waals surface area contributed by atoms with E-state index in [0.29, 0.717) is 24.0 Å². The zero-order chi connectivity index (χ0) is 22.8. The van der Waals surface area contributed by atoms with E-state index >= 15 is 0 Å². The van der Waals surface area contributed by atoms with Gasteiger partial charge in [0.25, 0.3) is 0 Å². The first-order valence-corrected chi connectivity index (χ1v) is 11.6. The molecule has 3 aromatic heterocycles. The molecule has 0 aliphatic carbocycles. The van der Waals surface area contributed by atoms with Crippen LogP contribution in [0.3, 0.4) is 0 Å². The van der Waals surface area contributed by atoms with Crippen molar-refractivity contribution in [3.63, 3.8) is 0 Å². The quantitative estimate of drug-likeness (QED) is 0.573. The minimum absolute atomic E-state index is 0.439. The van der Waals surface area contributed by atoms with Gasteiger partial charge in [-0.15, -0.1) is 0 Å². The number of nitriles is 1. The van der Waals surface area contributed by atoms with Gasteiger partial charge >= 0.3 is 0 Å². The molecule has 9 heteroatoms. The minimum Gasteiger partial charge on any atom is -0.387 e. The first-order chi connectivity index (χ1) is 16.1. The highest BCUT2D eigenvalue weighted by atomic mass is 16.3. The molecule has 2 aliphatic rings. The normalized spacial score (nSPS) is 17.4. The summed E-state index contributed by atoms with van der Waals surface area (Å²) in [7, 11) is 0. The molecule has 5 rings (SSSR count). The Hall–Kier alpha value is -3.35. The molecule has 0 aromatic carbocycles. The number of hydrogen-bond acceptors (Lipinski definition) is 9. The summed E-state index contributed by atoms with van der Waals surface area (Å²) in [5.41, 5.74) is 3.62. The summed E-state index contributed by atoms with van der Waals surface area (Å²) in [5, 5.41) is 23.2. The third kappa shape index (κ3) is 4.58. The lowest BCUT2D eigenvalue weighted by Gasteiger charge is -2.29. The van der Waals surface area contributed by atoms with Crippen LogP contribution in [0.2, 0.25) is 0 Å². The summed E-state index contributed by atoms with van der Waals surface area (Å²) in [6.07, 6.45) is 5.43. The van der Waals surface area contributed by atoms with E-state index in [2.05, 4.69) is 32.2 Å². The van der Waals surface area contributed by atoms with Crippen molar-refractivity contribution in [1.29, 1.82) is 5.26 Å². The van der Waals surface area contributed by atoms with Crippen molar-refractivity contribution in [3.05, 3.63) is 41.3 Å². The van der Waals surface area contributed by atoms with Gasteiger partial charge in [0.1, 0.15) is 11.3 Å². The summed E-state index contributed by atoms with van der Waals surface area (Å²) in [5.74, 6) is 1.99. The Balaban J connectivity index is 1.45. The van der Waals surface area contributed by atoms with Crippen molar-refractivity contribution in [3.8, 4) is 6.07 Å². The molecule has 3 aromatic rings. The predicted molar refractivity (Wildman–Crippen MR) is 126 cm³/mol. The van der Waals surface area contributed by atoms with E-state index in [-0.39, 0.29) is 0 Å². The maximum Gasteiger partial charge on any atom is 0.229 e. The van der Waals surface area contributed by atoms with E-state index in [0.717, 1.165) is 73.4 Å². The number of nitrogens with zero attached hydrogens (tertiary/aromatic N) is 7. The Labute approximate surface area is 193 Å². The van der Waals surface area contributed by atoms with Crippen LogP contribution in [0.4, 0.5) is 17.6 Å². The Kier molecular flexibility index (Phi) is 6.03. The van der Waals surface area contributed by atoms with Crippen LogP contribution in [0.25, 0.3) is 10.9 Å². The average Bonchev–Trinajstić information content (AvgIpc) is 2.84. The van der Waals surface area contributed by atoms with Gasteiger partial charge in [-0.3, -0.25) is 4.90 Å². The molecule has 0 radical (unpaired) electrons. The summed E-state index contributed by atoms with van der Waals surface area (Å²) in [4.78, 5) is 23.2. The zero-order valence-electron chi connectivity index (χ0n) is 18.8. The fraction of sp³-hybridized carbons (Fsp3) is 0.458. The number of nitrogens with one attached hydrogen (secondary N) is 1. The van der Waals surface area contributed by atoms with Crippen LogP contribution >= 0.6 is 0 Å². The van der Waals surface area contributed by atoms with E-state index < -0.39 is 6.10 Å². The number of fused-ring (bicyclic) bond motifs is 2. The third-order valence-electron chi connectivity index (χ3n) is 6.31. The molecule has 1 unspecified atom stereocenters. The molecule has 2 aliphatic heterocycles. The molecule has 1 saturated heterocycles. The van der Waals surface area contributed by atoms with Crippen molar-refractivity contribution >= 4 is 28.5 Å². The Bertz CT molecular complexity index is 1200. The number of hydrogen-bond donors (Lipinski definition) is 2. The molecule has 0 bridgehead atoms. The van der Waals surface area contributed by atoms with Gasteiger partial charge in [0.05, 0.1) is 24.4 Å². The molecule has 170 valence electrons. The highest BCUT2D eigenvalue weighted by Crippen LogP contribution is 2.29. The number of pyridine rings is 2. The van der Waals surface area contributed by atoms with Crippen molar-refractivity contribution in [2.24, 2.45) is 0 Å². The maximum absolute atomic E-state index is 10.1. The average molecular weight is 445 g/mol. The standard InChI is InChI=1S/C24H28N8O/c1-16(33)20-13-18-14-26-24(30-22(18)23(28-20)32-9-3-2-4-10-32)29-21-6-5-17-15-31(12-8-25)11-7-19(17)27-21/h5-6,13-14,16,33H,2-4,7,9-12,15H2,1H3,(H,26,27,29,30). The van der Waals surface area contributed by atoms with Crippen LogP contribution in [0.1, 0.15) is 49.2 Å². The largest absolute Gasteiger partial charge is 0.387 e. The SMILES string of the molecule is CC(O)c1cc2cnc(Nc3ccc4c(n3)CCN(CC#N)C4)nc2c(N2CCCCC2)n1. The second kappa shape index (κ2) is 9.25. The second-order valence-corrected chi connectivity index (χ2v) is 8.77. The molecule has 33 heavy (non-hydrogen) atoms. The van der Waals surface area contributed by atoms with Gasteiger partial charge < -0.3 is 15.3 Å². The van der Waals surface area contributed by atoms with Gasteiger partial charge in [-0.25, -0.2) is 19.9 Å². The number of aliphatic hydroxyl groups is 1. The van der Waals surface area contributed by atoms with Crippen LogP contribution < -0.4 is 10.2 Å². The number of anilines is 3. The zero-order valence-corrected chi connectivity index (χ0v) is 18.8. The van der Waals surface area contributed by atoms with Crippen LogP contribution in [0.5, 0.6) is 0 Å². The highest BCUT2D eigenvalue weighted by molar-refractivity contribution is 5.89. The lowest BCUT2D eigenvalue weighted by atomic mass is 10.1. The van der Waals surface area contributed by atoms with Crippen LogP contribution in [0.15, 0.2) is 24.4 Å². The third-order valence-corrected chi connectivity index (χ3v) is 6.31. The molecule has 1 fully saturated rings. The van der Waals surface area contributed by atoms with Gasteiger partial charge in [0.2, 0.25) is 5.95 Å². The summed E-state index contributed by atoms with van der Waals surface area (Å²) >= 11 is 0. The van der Waals surface area contributed by atoms with Gasteiger partial charge in [-0.1, -0.05) is 6.07 Å². The van der Waals surface area contributed by atoms with Crippen molar-refractivity contribution < 1.29 is 5.11 Å². The minimum atomic E-state index is -0.653. The lowest BCUT2D eigenvalue weighted by Crippen LogP contribution is -2.31. The summed E-state index contributed by atoms with van der Waals surface area (Å²) in [6, 6.07) is 8.07. The van der Waals surface area contributed by atoms with E-state index in [1.165, 1.54) is 6.42 Å². The number of aromatic nitrogens is 4. The molecule has 9 nitrogen and oxygen atoms in total. The molecule has 2 N–H and O–H groups in total. The first kappa shape index (κ1) is 21.5. The predicted octanol–water partition coefficient (Wildman–Crippen LogP) is 3.09. The molecule has 0 amide bonds. The van der Waals surface area contributed by atoms with E-state index in [9.17, 15) is 5.11 Å². The van der Waals surface area contributed by atoms with Crippen molar-refractivity contribution in [2.45, 2.75) is 45.3 Å². The molecule has 1 atom stereocenters. The molecule has 5 heterocycles. The number of rotatable bonds is 5.